The number of amides is 4. The number of halogens is 1. The number of aromatic nitrogens is 2. The molecular weight excluding hydrogens is 420 g/mol. The van der Waals surface area contributed by atoms with Crippen LogP contribution in [0, 0.1) is 0 Å². The number of nitrogens with zero attached hydrogens (tertiary/aromatic N) is 6. The van der Waals surface area contributed by atoms with Crippen molar-refractivity contribution in [2.75, 3.05) is 62.4 Å². The molecule has 10 nitrogen and oxygen atoms in total. The van der Waals surface area contributed by atoms with Gasteiger partial charge in [0.25, 0.3) is 0 Å². The highest BCUT2D eigenvalue weighted by molar-refractivity contribution is 6.32. The molecule has 0 atom stereocenters. The van der Waals surface area contributed by atoms with Crippen LogP contribution in [0.15, 0.2) is 24.4 Å². The van der Waals surface area contributed by atoms with Crippen molar-refractivity contribution < 1.29 is 9.59 Å². The first-order valence-corrected chi connectivity index (χ1v) is 10.4. The minimum Gasteiger partial charge on any atom is -0.341 e. The molecule has 2 aromatic rings. The monoisotopic (exact) mass is 444 g/mol. The van der Waals surface area contributed by atoms with Crippen molar-refractivity contribution in [2.24, 2.45) is 0 Å². The van der Waals surface area contributed by atoms with E-state index >= 15 is 0 Å². The molecular formula is C20H25ClN8O2. The molecule has 2 aliphatic rings. The summed E-state index contributed by atoms with van der Waals surface area (Å²) in [7, 11) is 5.24. The van der Waals surface area contributed by atoms with Gasteiger partial charge in [-0.05, 0) is 30.8 Å². The van der Waals surface area contributed by atoms with Gasteiger partial charge in [-0.1, -0.05) is 11.6 Å². The molecule has 11 heteroatoms. The number of anilines is 4. The molecule has 164 valence electrons. The molecule has 1 aromatic heterocycles. The zero-order chi connectivity index (χ0) is 22.1. The number of hydrogen-bond acceptors (Lipinski definition) is 7. The fourth-order valence-corrected chi connectivity index (χ4v) is 3.81. The summed E-state index contributed by atoms with van der Waals surface area (Å²) in [6, 6.07) is 4.77. The molecule has 1 fully saturated rings. The third-order valence-electron chi connectivity index (χ3n) is 5.53. The second-order valence-electron chi connectivity index (χ2n) is 7.61. The maximum atomic E-state index is 12.5. The van der Waals surface area contributed by atoms with Gasteiger partial charge in [-0.25, -0.2) is 19.5 Å². The summed E-state index contributed by atoms with van der Waals surface area (Å²) in [5, 5.41) is 6.16. The average molecular weight is 445 g/mol. The first kappa shape index (κ1) is 21.1. The molecule has 1 aromatic carbocycles. The van der Waals surface area contributed by atoms with Gasteiger partial charge in [-0.2, -0.15) is 4.98 Å². The van der Waals surface area contributed by atoms with Crippen LogP contribution in [0.3, 0.4) is 0 Å². The molecule has 3 heterocycles. The molecule has 1 saturated heterocycles. The van der Waals surface area contributed by atoms with Crippen LogP contribution in [0.5, 0.6) is 0 Å². The Morgan fingerprint density at radius 3 is 2.61 bits per heavy atom. The zero-order valence-corrected chi connectivity index (χ0v) is 18.5. The number of fused-ring (bicyclic) bond motifs is 1. The SMILES string of the molecule is CNC(=O)N1Cc2cc(Nc3nc(N4CCN(C)CC4)ncc3Cl)ccc2N(C)C1=O. The number of piperazine rings is 1. The molecule has 4 rings (SSSR count). The van der Waals surface area contributed by atoms with Gasteiger partial charge >= 0.3 is 12.1 Å². The summed E-state index contributed by atoms with van der Waals surface area (Å²) < 4.78 is 0. The van der Waals surface area contributed by atoms with Gasteiger partial charge in [0.15, 0.2) is 5.82 Å². The van der Waals surface area contributed by atoms with Crippen molar-refractivity contribution in [3.8, 4) is 0 Å². The lowest BCUT2D eigenvalue weighted by Crippen LogP contribution is -2.50. The van der Waals surface area contributed by atoms with Crippen LogP contribution in [-0.2, 0) is 6.54 Å². The summed E-state index contributed by atoms with van der Waals surface area (Å²) in [6.45, 7) is 3.79. The number of benzene rings is 1. The van der Waals surface area contributed by atoms with Gasteiger partial charge in [-0.15, -0.1) is 0 Å². The number of hydrogen-bond donors (Lipinski definition) is 2. The largest absolute Gasteiger partial charge is 0.341 e. The number of nitrogens with one attached hydrogen (secondary N) is 2. The van der Waals surface area contributed by atoms with Gasteiger partial charge in [0, 0.05) is 46.0 Å². The first-order valence-electron chi connectivity index (χ1n) is 10.0. The van der Waals surface area contributed by atoms with E-state index in [0.29, 0.717) is 16.8 Å². The van der Waals surface area contributed by atoms with Crippen molar-refractivity contribution in [2.45, 2.75) is 6.54 Å². The molecule has 0 radical (unpaired) electrons. The van der Waals surface area contributed by atoms with Crippen LogP contribution in [-0.4, -0.2) is 79.2 Å². The number of rotatable bonds is 3. The van der Waals surface area contributed by atoms with Crippen molar-refractivity contribution in [3.63, 3.8) is 0 Å². The van der Waals surface area contributed by atoms with E-state index in [4.69, 9.17) is 11.6 Å². The van der Waals surface area contributed by atoms with Crippen LogP contribution >= 0.6 is 11.6 Å². The van der Waals surface area contributed by atoms with Crippen LogP contribution in [0.1, 0.15) is 5.56 Å². The average Bonchev–Trinajstić information content (AvgIpc) is 2.77. The summed E-state index contributed by atoms with van der Waals surface area (Å²) >= 11 is 6.35. The second-order valence-corrected chi connectivity index (χ2v) is 8.02. The van der Waals surface area contributed by atoms with E-state index in [9.17, 15) is 9.59 Å². The molecule has 2 N–H and O–H groups in total. The van der Waals surface area contributed by atoms with Crippen molar-refractivity contribution in [1.29, 1.82) is 0 Å². The van der Waals surface area contributed by atoms with Crippen LogP contribution < -0.4 is 20.4 Å². The minimum atomic E-state index is -0.448. The summed E-state index contributed by atoms with van der Waals surface area (Å²) in [6.07, 6.45) is 1.60. The summed E-state index contributed by atoms with van der Waals surface area (Å²) in [5.74, 6) is 1.14. The number of carbonyl (C=O) groups excluding carboxylic acids is 2. The van der Waals surface area contributed by atoms with E-state index in [2.05, 4.69) is 37.4 Å². The molecule has 0 aliphatic carbocycles. The summed E-state index contributed by atoms with van der Waals surface area (Å²) in [5.41, 5.74) is 2.34. The maximum Gasteiger partial charge on any atom is 0.332 e. The summed E-state index contributed by atoms with van der Waals surface area (Å²) in [4.78, 5) is 40.6. The van der Waals surface area contributed by atoms with Crippen LogP contribution in [0.25, 0.3) is 0 Å². The van der Waals surface area contributed by atoms with E-state index in [0.717, 1.165) is 48.0 Å². The van der Waals surface area contributed by atoms with Gasteiger partial charge in [0.05, 0.1) is 18.4 Å². The third-order valence-corrected chi connectivity index (χ3v) is 5.80. The Morgan fingerprint density at radius 2 is 1.90 bits per heavy atom. The number of urea groups is 2. The Morgan fingerprint density at radius 1 is 1.16 bits per heavy atom. The fourth-order valence-electron chi connectivity index (χ4n) is 3.67. The lowest BCUT2D eigenvalue weighted by Gasteiger charge is -2.33. The number of imide groups is 1. The number of carbonyl (C=O) groups is 2. The topological polar surface area (TPSA) is 96.9 Å². The van der Waals surface area contributed by atoms with Crippen molar-refractivity contribution >= 4 is 46.8 Å². The highest BCUT2D eigenvalue weighted by Crippen LogP contribution is 2.32. The minimum absolute atomic E-state index is 0.178. The highest BCUT2D eigenvalue weighted by Gasteiger charge is 2.31. The standard InChI is InChI=1S/C20H25ClN8O2/c1-22-19(30)29-12-13-10-14(4-5-16(13)27(3)20(29)31)24-17-15(21)11-23-18(25-17)28-8-6-26(2)7-9-28/h4-5,10-11H,6-9,12H2,1-3H3,(H,22,30)(H,23,24,25). The Balaban J connectivity index is 1.57. The normalized spacial score (nSPS) is 16.9. The molecule has 0 saturated carbocycles. The molecule has 31 heavy (non-hydrogen) atoms. The van der Waals surface area contributed by atoms with Crippen LogP contribution in [0.2, 0.25) is 5.02 Å². The smallest absolute Gasteiger partial charge is 0.332 e. The molecule has 0 spiro atoms. The van der Waals surface area contributed by atoms with E-state index < -0.39 is 6.03 Å². The lowest BCUT2D eigenvalue weighted by molar-refractivity contribution is 0.187. The zero-order valence-electron chi connectivity index (χ0n) is 17.7. The van der Waals surface area contributed by atoms with Gasteiger partial charge in [0.1, 0.15) is 5.02 Å². The van der Waals surface area contributed by atoms with E-state index in [1.165, 1.54) is 11.9 Å². The molecule has 2 aliphatic heterocycles. The van der Waals surface area contributed by atoms with Crippen molar-refractivity contribution in [1.82, 2.24) is 25.1 Å². The fraction of sp³-hybridized carbons (Fsp3) is 0.400. The van der Waals surface area contributed by atoms with E-state index in [1.807, 2.05) is 18.2 Å². The molecule has 0 unspecified atom stereocenters. The lowest BCUT2D eigenvalue weighted by atomic mass is 10.1. The van der Waals surface area contributed by atoms with Crippen LogP contribution in [0.4, 0.5) is 32.7 Å². The molecule has 0 bridgehead atoms. The quantitative estimate of drug-likeness (QED) is 0.749. The predicted molar refractivity (Wildman–Crippen MR) is 120 cm³/mol. The van der Waals surface area contributed by atoms with Gasteiger partial charge in [-0.3, -0.25) is 4.90 Å². The highest BCUT2D eigenvalue weighted by atomic mass is 35.5. The predicted octanol–water partition coefficient (Wildman–Crippen LogP) is 2.34. The van der Waals surface area contributed by atoms with Gasteiger partial charge < -0.3 is 20.4 Å². The number of likely N-dealkylation sites (N-methyl/N-ethyl adjacent to an activating group) is 1. The molecule has 4 amide bonds. The Labute approximate surface area is 185 Å². The Hall–Kier alpha value is -3.11. The van der Waals surface area contributed by atoms with E-state index in [-0.39, 0.29) is 12.6 Å². The second kappa shape index (κ2) is 8.56. The third kappa shape index (κ3) is 4.21. The van der Waals surface area contributed by atoms with E-state index in [1.54, 1.807) is 13.2 Å². The van der Waals surface area contributed by atoms with Crippen molar-refractivity contribution in [3.05, 3.63) is 35.0 Å². The van der Waals surface area contributed by atoms with Gasteiger partial charge in [0.2, 0.25) is 5.95 Å². The Kier molecular flexibility index (Phi) is 5.84. The maximum absolute atomic E-state index is 12.5. The Bertz CT molecular complexity index is 1010. The first-order chi connectivity index (χ1) is 14.9.